The van der Waals surface area contributed by atoms with Crippen LogP contribution in [0.5, 0.6) is 0 Å². The van der Waals surface area contributed by atoms with Crippen molar-refractivity contribution < 1.29 is 9.59 Å². The van der Waals surface area contributed by atoms with E-state index < -0.39 is 0 Å². The Labute approximate surface area is 160 Å². The Morgan fingerprint density at radius 3 is 2.78 bits per heavy atom. The van der Waals surface area contributed by atoms with E-state index in [-0.39, 0.29) is 11.8 Å². The number of anilines is 1. The molecule has 6 nitrogen and oxygen atoms in total. The van der Waals surface area contributed by atoms with Gasteiger partial charge in [-0.2, -0.15) is 0 Å². The highest BCUT2D eigenvalue weighted by atomic mass is 16.2. The second-order valence-electron chi connectivity index (χ2n) is 7.15. The summed E-state index contributed by atoms with van der Waals surface area (Å²) in [5.41, 5.74) is 4.21. The van der Waals surface area contributed by atoms with E-state index in [4.69, 9.17) is 0 Å². The van der Waals surface area contributed by atoms with Gasteiger partial charge >= 0.3 is 0 Å². The number of hydrogen-bond acceptors (Lipinski definition) is 3. The Balaban J connectivity index is 1.87. The molecule has 0 aliphatic carbocycles. The summed E-state index contributed by atoms with van der Waals surface area (Å²) in [6.45, 7) is 7.44. The van der Waals surface area contributed by atoms with Gasteiger partial charge in [-0.1, -0.05) is 25.5 Å². The van der Waals surface area contributed by atoms with Crippen molar-refractivity contribution in [1.82, 2.24) is 14.9 Å². The zero-order valence-corrected chi connectivity index (χ0v) is 16.4. The lowest BCUT2D eigenvalue weighted by molar-refractivity contribution is 0.0947. The third-order valence-corrected chi connectivity index (χ3v) is 5.20. The number of nitrogens with one attached hydrogen (secondary N) is 2. The summed E-state index contributed by atoms with van der Waals surface area (Å²) in [6.07, 6.45) is 4.73. The summed E-state index contributed by atoms with van der Waals surface area (Å²) in [7, 11) is 0. The van der Waals surface area contributed by atoms with Gasteiger partial charge in [0, 0.05) is 18.8 Å². The predicted molar refractivity (Wildman–Crippen MR) is 106 cm³/mol. The molecule has 0 saturated heterocycles. The topological polar surface area (TPSA) is 76.0 Å². The Morgan fingerprint density at radius 1 is 1.19 bits per heavy atom. The second-order valence-corrected chi connectivity index (χ2v) is 7.15. The van der Waals surface area contributed by atoms with Crippen LogP contribution in [-0.4, -0.2) is 27.9 Å². The van der Waals surface area contributed by atoms with Crippen LogP contribution in [-0.2, 0) is 13.0 Å². The van der Waals surface area contributed by atoms with Gasteiger partial charge in [0.15, 0.2) is 5.82 Å². The first kappa shape index (κ1) is 19.1. The van der Waals surface area contributed by atoms with Crippen molar-refractivity contribution in [2.24, 2.45) is 0 Å². The number of aromatic nitrogens is 2. The summed E-state index contributed by atoms with van der Waals surface area (Å²) >= 11 is 0. The lowest BCUT2D eigenvalue weighted by Gasteiger charge is -2.17. The number of unbranched alkanes of at least 4 members (excludes halogenated alkanes) is 1. The van der Waals surface area contributed by atoms with Crippen molar-refractivity contribution in [2.45, 2.75) is 59.4 Å². The molecular weight excluding hydrogens is 340 g/mol. The molecule has 2 amide bonds. The van der Waals surface area contributed by atoms with E-state index in [0.717, 1.165) is 61.2 Å². The van der Waals surface area contributed by atoms with Crippen LogP contribution in [0.2, 0.25) is 0 Å². The number of fused-ring (bicyclic) bond motifs is 1. The molecule has 2 heterocycles. The molecule has 0 saturated carbocycles. The number of imidazole rings is 1. The fourth-order valence-corrected chi connectivity index (χ4v) is 3.43. The van der Waals surface area contributed by atoms with Crippen molar-refractivity contribution in [3.8, 4) is 0 Å². The molecular formula is C21H28N4O2. The van der Waals surface area contributed by atoms with Crippen molar-refractivity contribution in [2.75, 3.05) is 11.9 Å². The van der Waals surface area contributed by atoms with Crippen LogP contribution in [0, 0.1) is 13.8 Å². The van der Waals surface area contributed by atoms with Crippen LogP contribution in [0.1, 0.15) is 70.5 Å². The molecule has 27 heavy (non-hydrogen) atoms. The lowest BCUT2D eigenvalue weighted by Crippen LogP contribution is -2.26. The Bertz CT molecular complexity index is 854. The summed E-state index contributed by atoms with van der Waals surface area (Å²) in [6, 6.07) is 5.82. The van der Waals surface area contributed by atoms with Crippen LogP contribution in [0.25, 0.3) is 0 Å². The first-order valence-electron chi connectivity index (χ1n) is 9.78. The average molecular weight is 368 g/mol. The summed E-state index contributed by atoms with van der Waals surface area (Å²) < 4.78 is 1.92. The van der Waals surface area contributed by atoms with Crippen LogP contribution in [0.15, 0.2) is 18.2 Å². The third-order valence-electron chi connectivity index (χ3n) is 5.20. The largest absolute Gasteiger partial charge is 0.351 e. The van der Waals surface area contributed by atoms with Gasteiger partial charge in [-0.15, -0.1) is 0 Å². The van der Waals surface area contributed by atoms with E-state index in [0.29, 0.717) is 18.1 Å². The molecule has 6 heteroatoms. The normalized spacial score (nSPS) is 13.1. The first-order valence-corrected chi connectivity index (χ1v) is 9.78. The van der Waals surface area contributed by atoms with Crippen molar-refractivity contribution in [1.29, 1.82) is 0 Å². The number of aryl methyl sites for hydroxylation is 1. The highest BCUT2D eigenvalue weighted by Crippen LogP contribution is 2.23. The molecule has 0 bridgehead atoms. The SMILES string of the molecule is CCCCNC(=O)c1nc(C(=O)Nc2cccc(C)c2C)n2c1CCCC2. The fourth-order valence-electron chi connectivity index (χ4n) is 3.43. The second kappa shape index (κ2) is 8.37. The number of nitrogens with zero attached hydrogens (tertiary/aromatic N) is 2. The Kier molecular flexibility index (Phi) is 5.94. The zero-order valence-electron chi connectivity index (χ0n) is 16.4. The highest BCUT2D eigenvalue weighted by molar-refractivity contribution is 6.04. The minimum absolute atomic E-state index is 0.181. The number of hydrogen-bond donors (Lipinski definition) is 2. The molecule has 3 rings (SSSR count). The minimum atomic E-state index is -0.264. The maximum atomic E-state index is 12.9. The number of rotatable bonds is 6. The molecule has 1 aromatic heterocycles. The Hall–Kier alpha value is -2.63. The van der Waals surface area contributed by atoms with Gasteiger partial charge in [-0.25, -0.2) is 4.98 Å². The molecule has 1 aromatic carbocycles. The van der Waals surface area contributed by atoms with Crippen LogP contribution < -0.4 is 10.6 Å². The van der Waals surface area contributed by atoms with Crippen molar-refractivity contribution in [3.63, 3.8) is 0 Å². The number of amides is 2. The number of carbonyl (C=O) groups excluding carboxylic acids is 2. The molecule has 1 aliphatic heterocycles. The van der Waals surface area contributed by atoms with E-state index in [1.807, 2.05) is 36.6 Å². The van der Waals surface area contributed by atoms with Crippen molar-refractivity contribution in [3.05, 3.63) is 46.5 Å². The zero-order chi connectivity index (χ0) is 19.4. The van der Waals surface area contributed by atoms with Gasteiger partial charge < -0.3 is 15.2 Å². The quantitative estimate of drug-likeness (QED) is 0.765. The lowest BCUT2D eigenvalue weighted by atomic mass is 10.1. The van der Waals surface area contributed by atoms with Gasteiger partial charge in [0.1, 0.15) is 5.69 Å². The van der Waals surface area contributed by atoms with E-state index in [2.05, 4.69) is 22.5 Å². The van der Waals surface area contributed by atoms with Crippen LogP contribution >= 0.6 is 0 Å². The maximum absolute atomic E-state index is 12.9. The predicted octanol–water partition coefficient (Wildman–Crippen LogP) is 3.62. The standard InChI is InChI=1S/C21H28N4O2/c1-4-5-12-22-20(26)18-17-11-6-7-13-25(17)19(24-18)21(27)23-16-10-8-9-14(2)15(16)3/h8-10H,4-7,11-13H2,1-3H3,(H,22,26)(H,23,27). The molecule has 144 valence electrons. The highest BCUT2D eigenvalue weighted by Gasteiger charge is 2.27. The van der Waals surface area contributed by atoms with Crippen LogP contribution in [0.3, 0.4) is 0 Å². The Morgan fingerprint density at radius 2 is 2.00 bits per heavy atom. The number of carbonyl (C=O) groups is 2. The molecule has 0 spiro atoms. The molecule has 0 radical (unpaired) electrons. The minimum Gasteiger partial charge on any atom is -0.351 e. The fraction of sp³-hybridized carbons (Fsp3) is 0.476. The van der Waals surface area contributed by atoms with Gasteiger partial charge in [0.25, 0.3) is 11.8 Å². The number of benzene rings is 1. The van der Waals surface area contributed by atoms with Crippen molar-refractivity contribution >= 4 is 17.5 Å². The van der Waals surface area contributed by atoms with E-state index in [1.54, 1.807) is 0 Å². The van der Waals surface area contributed by atoms with E-state index in [1.165, 1.54) is 0 Å². The van der Waals surface area contributed by atoms with E-state index in [9.17, 15) is 9.59 Å². The summed E-state index contributed by atoms with van der Waals surface area (Å²) in [5.74, 6) is -0.120. The summed E-state index contributed by atoms with van der Waals surface area (Å²) in [4.78, 5) is 29.9. The van der Waals surface area contributed by atoms with Crippen LogP contribution in [0.4, 0.5) is 5.69 Å². The van der Waals surface area contributed by atoms with E-state index >= 15 is 0 Å². The monoisotopic (exact) mass is 368 g/mol. The molecule has 2 aromatic rings. The average Bonchev–Trinajstić information content (AvgIpc) is 3.05. The van der Waals surface area contributed by atoms with Gasteiger partial charge in [0.05, 0.1) is 5.69 Å². The molecule has 1 aliphatic rings. The smallest absolute Gasteiger partial charge is 0.291 e. The molecule has 0 atom stereocenters. The molecule has 2 N–H and O–H groups in total. The van der Waals surface area contributed by atoms with Gasteiger partial charge in [-0.3, -0.25) is 9.59 Å². The van der Waals surface area contributed by atoms with Gasteiger partial charge in [0.2, 0.25) is 0 Å². The molecule has 0 unspecified atom stereocenters. The third kappa shape index (κ3) is 4.04. The molecule has 0 fully saturated rings. The first-order chi connectivity index (χ1) is 13.0. The van der Waals surface area contributed by atoms with Gasteiger partial charge in [-0.05, 0) is 56.7 Å². The maximum Gasteiger partial charge on any atom is 0.291 e. The summed E-state index contributed by atoms with van der Waals surface area (Å²) in [5, 5.41) is 5.89.